The Hall–Kier alpha value is -3.36. The lowest BCUT2D eigenvalue weighted by atomic mass is 9.79. The van der Waals surface area contributed by atoms with Crippen LogP contribution in [0.3, 0.4) is 0 Å². The zero-order chi connectivity index (χ0) is 21.4. The van der Waals surface area contributed by atoms with Crippen molar-refractivity contribution in [3.63, 3.8) is 0 Å². The highest BCUT2D eigenvalue weighted by Crippen LogP contribution is 2.34. The number of benzene rings is 2. The van der Waals surface area contributed by atoms with E-state index < -0.39 is 7.12 Å². The van der Waals surface area contributed by atoms with E-state index in [9.17, 15) is 10.0 Å². The number of hydrogen-bond donors (Lipinski definition) is 5. The maximum absolute atomic E-state index is 9.76. The SMILES string of the molecule is Cc1[nH]c2c(B(O)O)cccc2c1-c1nc2c(c(NCc3ccccc3)n1)NCCC2. The predicted octanol–water partition coefficient (Wildman–Crippen LogP) is 2.58. The van der Waals surface area contributed by atoms with Gasteiger partial charge in [-0.1, -0.05) is 48.5 Å². The smallest absolute Gasteiger partial charge is 0.423 e. The summed E-state index contributed by atoms with van der Waals surface area (Å²) in [5, 5.41) is 27.3. The van der Waals surface area contributed by atoms with Gasteiger partial charge in [-0.2, -0.15) is 0 Å². The van der Waals surface area contributed by atoms with Crippen molar-refractivity contribution in [3.05, 3.63) is 65.5 Å². The fourth-order valence-electron chi connectivity index (χ4n) is 4.24. The van der Waals surface area contributed by atoms with Gasteiger partial charge in [0, 0.05) is 40.7 Å². The molecule has 7 nitrogen and oxygen atoms in total. The van der Waals surface area contributed by atoms with E-state index in [1.165, 1.54) is 5.56 Å². The Bertz CT molecular complexity index is 1240. The molecule has 0 amide bonds. The molecule has 156 valence electrons. The number of nitrogens with one attached hydrogen (secondary N) is 3. The Kier molecular flexibility index (Phi) is 5.09. The van der Waals surface area contributed by atoms with Crippen LogP contribution in [0.1, 0.15) is 23.4 Å². The zero-order valence-electron chi connectivity index (χ0n) is 17.3. The van der Waals surface area contributed by atoms with E-state index >= 15 is 0 Å². The van der Waals surface area contributed by atoms with Crippen molar-refractivity contribution in [1.29, 1.82) is 0 Å². The van der Waals surface area contributed by atoms with E-state index in [0.29, 0.717) is 23.3 Å². The molecule has 0 atom stereocenters. The topological polar surface area (TPSA) is 106 Å². The van der Waals surface area contributed by atoms with Crippen molar-refractivity contribution in [2.45, 2.75) is 26.3 Å². The number of hydrogen-bond acceptors (Lipinski definition) is 6. The number of aryl methyl sites for hydroxylation is 2. The van der Waals surface area contributed by atoms with Gasteiger partial charge in [-0.25, -0.2) is 9.97 Å². The number of aromatic nitrogens is 3. The molecule has 0 radical (unpaired) electrons. The molecule has 2 aromatic heterocycles. The highest BCUT2D eigenvalue weighted by molar-refractivity contribution is 6.61. The van der Waals surface area contributed by atoms with Crippen molar-refractivity contribution < 1.29 is 10.0 Å². The van der Waals surface area contributed by atoms with E-state index in [0.717, 1.165) is 53.2 Å². The molecule has 0 saturated heterocycles. The third kappa shape index (κ3) is 3.64. The van der Waals surface area contributed by atoms with Crippen LogP contribution in [0.25, 0.3) is 22.3 Å². The van der Waals surface area contributed by atoms with E-state index in [1.807, 2.05) is 37.3 Å². The molecule has 1 aliphatic rings. The average Bonchev–Trinajstić information content (AvgIpc) is 3.13. The first kappa shape index (κ1) is 19.6. The summed E-state index contributed by atoms with van der Waals surface area (Å²) in [6.45, 7) is 3.53. The minimum absolute atomic E-state index is 0.439. The van der Waals surface area contributed by atoms with Crippen molar-refractivity contribution in [2.75, 3.05) is 17.2 Å². The number of para-hydroxylation sites is 1. The zero-order valence-corrected chi connectivity index (χ0v) is 17.3. The van der Waals surface area contributed by atoms with Crippen molar-refractivity contribution >= 4 is 35.0 Å². The lowest BCUT2D eigenvalue weighted by Crippen LogP contribution is -2.30. The van der Waals surface area contributed by atoms with Crippen LogP contribution in [-0.4, -0.2) is 38.7 Å². The second-order valence-electron chi connectivity index (χ2n) is 7.86. The Morgan fingerprint density at radius 2 is 1.90 bits per heavy atom. The molecule has 3 heterocycles. The first-order chi connectivity index (χ1) is 15.1. The minimum Gasteiger partial charge on any atom is -0.423 e. The van der Waals surface area contributed by atoms with Crippen LogP contribution < -0.4 is 16.1 Å². The summed E-state index contributed by atoms with van der Waals surface area (Å²) in [6, 6.07) is 15.7. The number of nitrogens with zero attached hydrogens (tertiary/aromatic N) is 2. The quantitative estimate of drug-likeness (QED) is 0.322. The summed E-state index contributed by atoms with van der Waals surface area (Å²) in [5.41, 5.74) is 6.05. The number of rotatable bonds is 5. The Morgan fingerprint density at radius 3 is 2.71 bits per heavy atom. The standard InChI is InChI=1S/C23H24BN5O2/c1-14-19(16-9-5-10-17(24(30)31)20(16)27-14)22-28-18-11-6-12-25-21(18)23(29-22)26-13-15-7-3-2-4-8-15/h2-5,7-10,25,27,30-31H,6,11-13H2,1H3,(H,26,28,29). The second kappa shape index (κ2) is 8.05. The van der Waals surface area contributed by atoms with Crippen molar-refractivity contribution in [2.24, 2.45) is 0 Å². The van der Waals surface area contributed by atoms with E-state index in [2.05, 4.69) is 27.8 Å². The van der Waals surface area contributed by atoms with Crippen LogP contribution in [0.2, 0.25) is 0 Å². The highest BCUT2D eigenvalue weighted by Gasteiger charge is 2.23. The summed E-state index contributed by atoms with van der Waals surface area (Å²) in [6.07, 6.45) is 1.91. The van der Waals surface area contributed by atoms with Gasteiger partial charge in [0.05, 0.1) is 11.4 Å². The molecule has 5 rings (SSSR count). The molecule has 31 heavy (non-hydrogen) atoms. The maximum Gasteiger partial charge on any atom is 0.490 e. The molecule has 4 aromatic rings. The summed E-state index contributed by atoms with van der Waals surface area (Å²) in [4.78, 5) is 13.1. The van der Waals surface area contributed by atoms with Crippen LogP contribution in [-0.2, 0) is 13.0 Å². The van der Waals surface area contributed by atoms with E-state index in [4.69, 9.17) is 9.97 Å². The van der Waals surface area contributed by atoms with Crippen LogP contribution in [0, 0.1) is 6.92 Å². The summed E-state index contributed by atoms with van der Waals surface area (Å²) in [5.74, 6) is 1.42. The van der Waals surface area contributed by atoms with Gasteiger partial charge in [0.15, 0.2) is 11.6 Å². The number of anilines is 2. The summed E-state index contributed by atoms with van der Waals surface area (Å²) < 4.78 is 0. The molecule has 0 bridgehead atoms. The lowest BCUT2D eigenvalue weighted by molar-refractivity contribution is 0.426. The first-order valence-electron chi connectivity index (χ1n) is 10.5. The van der Waals surface area contributed by atoms with Gasteiger partial charge in [0.25, 0.3) is 0 Å². The first-order valence-corrected chi connectivity index (χ1v) is 10.5. The van der Waals surface area contributed by atoms with Crippen molar-refractivity contribution in [1.82, 2.24) is 15.0 Å². The maximum atomic E-state index is 9.76. The molecule has 1 aliphatic heterocycles. The fraction of sp³-hybridized carbons (Fsp3) is 0.217. The highest BCUT2D eigenvalue weighted by atomic mass is 16.4. The Balaban J connectivity index is 1.62. The van der Waals surface area contributed by atoms with E-state index in [-0.39, 0.29) is 0 Å². The van der Waals surface area contributed by atoms with Gasteiger partial charge in [0.2, 0.25) is 0 Å². The van der Waals surface area contributed by atoms with Gasteiger partial charge in [0.1, 0.15) is 0 Å². The third-order valence-corrected chi connectivity index (χ3v) is 5.73. The molecule has 0 unspecified atom stereocenters. The van der Waals surface area contributed by atoms with Gasteiger partial charge in [-0.3, -0.25) is 0 Å². The molecule has 0 fully saturated rings. The minimum atomic E-state index is -1.55. The van der Waals surface area contributed by atoms with Crippen molar-refractivity contribution in [3.8, 4) is 11.4 Å². The summed E-state index contributed by atoms with van der Waals surface area (Å²) >= 11 is 0. The molecular formula is C23H24BN5O2. The summed E-state index contributed by atoms with van der Waals surface area (Å²) in [7, 11) is -1.55. The molecular weight excluding hydrogens is 389 g/mol. The number of H-pyrrole nitrogens is 1. The fourth-order valence-corrected chi connectivity index (χ4v) is 4.24. The molecule has 2 aromatic carbocycles. The van der Waals surface area contributed by atoms with E-state index in [1.54, 1.807) is 6.07 Å². The average molecular weight is 413 g/mol. The monoisotopic (exact) mass is 413 g/mol. The van der Waals surface area contributed by atoms with Gasteiger partial charge < -0.3 is 25.7 Å². The molecule has 0 aliphatic carbocycles. The number of fused-ring (bicyclic) bond motifs is 2. The lowest BCUT2D eigenvalue weighted by Gasteiger charge is -2.21. The molecule has 8 heteroatoms. The van der Waals surface area contributed by atoms with Crippen LogP contribution >= 0.6 is 0 Å². The predicted molar refractivity (Wildman–Crippen MR) is 124 cm³/mol. The third-order valence-electron chi connectivity index (χ3n) is 5.73. The Morgan fingerprint density at radius 1 is 1.06 bits per heavy atom. The molecule has 0 spiro atoms. The number of aromatic amines is 1. The normalized spacial score (nSPS) is 13.0. The van der Waals surface area contributed by atoms with Crippen LogP contribution in [0.5, 0.6) is 0 Å². The van der Waals surface area contributed by atoms with Crippen LogP contribution in [0.4, 0.5) is 11.5 Å². The molecule has 0 saturated carbocycles. The van der Waals surface area contributed by atoms with Crippen LogP contribution in [0.15, 0.2) is 48.5 Å². The second-order valence-corrected chi connectivity index (χ2v) is 7.86. The van der Waals surface area contributed by atoms with Gasteiger partial charge >= 0.3 is 7.12 Å². The van der Waals surface area contributed by atoms with Gasteiger partial charge in [-0.05, 0) is 25.3 Å². The Labute approximate surface area is 180 Å². The largest absolute Gasteiger partial charge is 0.490 e. The molecule has 5 N–H and O–H groups in total. The van der Waals surface area contributed by atoms with Gasteiger partial charge in [-0.15, -0.1) is 0 Å².